The first kappa shape index (κ1) is 14.9. The molecular formula is C15H12ClNO4. The van der Waals surface area contributed by atoms with E-state index in [0.717, 1.165) is 6.29 Å². The van der Waals surface area contributed by atoms with E-state index >= 15 is 0 Å². The first-order valence-electron chi connectivity index (χ1n) is 6.05. The van der Waals surface area contributed by atoms with Crippen LogP contribution in [0.5, 0.6) is 11.5 Å². The highest BCUT2D eigenvalue weighted by Gasteiger charge is 2.07. The van der Waals surface area contributed by atoms with Gasteiger partial charge in [0.1, 0.15) is 17.8 Å². The van der Waals surface area contributed by atoms with E-state index in [2.05, 4.69) is 5.32 Å². The van der Waals surface area contributed by atoms with Gasteiger partial charge in [-0.3, -0.25) is 9.59 Å². The van der Waals surface area contributed by atoms with Crippen molar-refractivity contribution in [3.8, 4) is 11.5 Å². The van der Waals surface area contributed by atoms with Crippen molar-refractivity contribution in [2.45, 2.75) is 0 Å². The molecule has 1 amide bonds. The summed E-state index contributed by atoms with van der Waals surface area (Å²) in [4.78, 5) is 22.2. The maximum Gasteiger partial charge on any atom is 0.262 e. The lowest BCUT2D eigenvalue weighted by atomic mass is 10.2. The standard InChI is InChI=1S/C15H12ClNO4/c16-11-3-6-13(14(19)7-11)17-15(20)9-21-12-4-1-10(8-18)2-5-12/h1-8,19H,9H2,(H,17,20). The van der Waals surface area contributed by atoms with Gasteiger partial charge in [0.25, 0.3) is 5.91 Å². The summed E-state index contributed by atoms with van der Waals surface area (Å²) < 4.78 is 5.27. The van der Waals surface area contributed by atoms with Crippen LogP contribution in [0.1, 0.15) is 10.4 Å². The Bertz CT molecular complexity index is 655. The number of phenols is 1. The van der Waals surface area contributed by atoms with Crippen LogP contribution in [-0.2, 0) is 4.79 Å². The Morgan fingerprint density at radius 2 is 1.95 bits per heavy atom. The van der Waals surface area contributed by atoms with Crippen molar-refractivity contribution in [2.75, 3.05) is 11.9 Å². The minimum Gasteiger partial charge on any atom is -0.506 e. The minimum absolute atomic E-state index is 0.119. The number of halogens is 1. The van der Waals surface area contributed by atoms with Gasteiger partial charge in [-0.1, -0.05) is 11.6 Å². The summed E-state index contributed by atoms with van der Waals surface area (Å²) in [5.41, 5.74) is 0.780. The van der Waals surface area contributed by atoms with E-state index in [0.29, 0.717) is 16.3 Å². The first-order chi connectivity index (χ1) is 10.1. The van der Waals surface area contributed by atoms with Crippen molar-refractivity contribution in [1.82, 2.24) is 0 Å². The molecule has 2 N–H and O–H groups in total. The molecule has 0 saturated heterocycles. The Balaban J connectivity index is 1.90. The second kappa shape index (κ2) is 6.76. The van der Waals surface area contributed by atoms with Crippen molar-refractivity contribution < 1.29 is 19.4 Å². The van der Waals surface area contributed by atoms with Gasteiger partial charge in [-0.15, -0.1) is 0 Å². The van der Waals surface area contributed by atoms with Crippen molar-refractivity contribution in [3.63, 3.8) is 0 Å². The summed E-state index contributed by atoms with van der Waals surface area (Å²) in [5, 5.41) is 12.5. The molecule has 0 radical (unpaired) electrons. The normalized spacial score (nSPS) is 9.95. The fourth-order valence-corrected chi connectivity index (χ4v) is 1.75. The molecule has 5 nitrogen and oxygen atoms in total. The average Bonchev–Trinajstić information content (AvgIpc) is 2.48. The minimum atomic E-state index is -0.424. The first-order valence-corrected chi connectivity index (χ1v) is 6.42. The molecule has 0 aliphatic carbocycles. The van der Waals surface area contributed by atoms with Crippen LogP contribution in [0, 0.1) is 0 Å². The van der Waals surface area contributed by atoms with Gasteiger partial charge in [-0.2, -0.15) is 0 Å². The lowest BCUT2D eigenvalue weighted by Crippen LogP contribution is -2.20. The fourth-order valence-electron chi connectivity index (χ4n) is 1.59. The Kier molecular flexibility index (Phi) is 4.79. The van der Waals surface area contributed by atoms with Gasteiger partial charge in [0.15, 0.2) is 6.61 Å². The Hall–Kier alpha value is -2.53. The number of amides is 1. The van der Waals surface area contributed by atoms with Gasteiger partial charge >= 0.3 is 0 Å². The number of anilines is 1. The molecule has 6 heteroatoms. The third kappa shape index (κ3) is 4.22. The van der Waals surface area contributed by atoms with E-state index in [1.807, 2.05) is 0 Å². The van der Waals surface area contributed by atoms with Crippen molar-refractivity contribution in [1.29, 1.82) is 0 Å². The van der Waals surface area contributed by atoms with Crippen LogP contribution in [0.15, 0.2) is 42.5 Å². The number of benzene rings is 2. The largest absolute Gasteiger partial charge is 0.506 e. The van der Waals surface area contributed by atoms with Crippen LogP contribution >= 0.6 is 11.6 Å². The molecule has 0 atom stereocenters. The number of carbonyl (C=O) groups excluding carboxylic acids is 2. The number of hydrogen-bond donors (Lipinski definition) is 2. The lowest BCUT2D eigenvalue weighted by molar-refractivity contribution is -0.118. The zero-order valence-corrected chi connectivity index (χ0v) is 11.6. The summed E-state index contributed by atoms with van der Waals surface area (Å²) in [5.74, 6) is -0.0747. The van der Waals surface area contributed by atoms with Crippen LogP contribution in [0.25, 0.3) is 0 Å². The van der Waals surface area contributed by atoms with E-state index in [4.69, 9.17) is 16.3 Å². The highest BCUT2D eigenvalue weighted by atomic mass is 35.5. The van der Waals surface area contributed by atoms with Crippen molar-refractivity contribution >= 4 is 29.5 Å². The zero-order valence-electron chi connectivity index (χ0n) is 10.9. The molecule has 108 valence electrons. The van der Waals surface area contributed by atoms with Gasteiger partial charge < -0.3 is 15.2 Å². The van der Waals surface area contributed by atoms with Crippen LogP contribution in [0.2, 0.25) is 5.02 Å². The van der Waals surface area contributed by atoms with Gasteiger partial charge in [-0.25, -0.2) is 0 Å². The third-order valence-electron chi connectivity index (χ3n) is 2.62. The zero-order chi connectivity index (χ0) is 15.2. The second-order valence-corrected chi connectivity index (χ2v) is 4.62. The van der Waals surface area contributed by atoms with E-state index in [-0.39, 0.29) is 18.0 Å². The lowest BCUT2D eigenvalue weighted by Gasteiger charge is -2.09. The highest BCUT2D eigenvalue weighted by Crippen LogP contribution is 2.26. The van der Waals surface area contributed by atoms with Gasteiger partial charge in [-0.05, 0) is 36.4 Å². The van der Waals surface area contributed by atoms with Gasteiger partial charge in [0.05, 0.1) is 5.69 Å². The molecule has 0 unspecified atom stereocenters. The molecular weight excluding hydrogens is 294 g/mol. The van der Waals surface area contributed by atoms with Gasteiger partial charge in [0.2, 0.25) is 0 Å². The van der Waals surface area contributed by atoms with E-state index in [1.165, 1.54) is 12.1 Å². The molecule has 0 spiro atoms. The average molecular weight is 306 g/mol. The molecule has 0 aliphatic heterocycles. The number of hydrogen-bond acceptors (Lipinski definition) is 4. The number of phenolic OH excluding ortho intramolecular Hbond substituents is 1. The van der Waals surface area contributed by atoms with Crippen molar-refractivity contribution in [3.05, 3.63) is 53.1 Å². The number of ether oxygens (including phenoxy) is 1. The fraction of sp³-hybridized carbons (Fsp3) is 0.0667. The predicted octanol–water partition coefficient (Wildman–Crippen LogP) is 2.88. The van der Waals surface area contributed by atoms with Gasteiger partial charge in [0, 0.05) is 16.7 Å². The van der Waals surface area contributed by atoms with Crippen LogP contribution in [-0.4, -0.2) is 23.9 Å². The molecule has 0 fully saturated rings. The molecule has 0 heterocycles. The SMILES string of the molecule is O=Cc1ccc(OCC(=O)Nc2ccc(Cl)cc2O)cc1. The predicted molar refractivity (Wildman–Crippen MR) is 79.1 cm³/mol. The van der Waals surface area contributed by atoms with Crippen molar-refractivity contribution in [2.24, 2.45) is 0 Å². The molecule has 0 saturated carbocycles. The summed E-state index contributed by atoms with van der Waals surface area (Å²) in [7, 11) is 0. The molecule has 0 bridgehead atoms. The van der Waals surface area contributed by atoms with E-state index in [9.17, 15) is 14.7 Å². The summed E-state index contributed by atoms with van der Waals surface area (Å²) >= 11 is 5.70. The number of rotatable bonds is 5. The number of nitrogens with one attached hydrogen (secondary N) is 1. The molecule has 2 rings (SSSR count). The van der Waals surface area contributed by atoms with Crippen LogP contribution in [0.4, 0.5) is 5.69 Å². The molecule has 0 aromatic heterocycles. The summed E-state index contributed by atoms with van der Waals surface area (Å²) in [6.45, 7) is -0.220. The Morgan fingerprint density at radius 1 is 1.24 bits per heavy atom. The quantitative estimate of drug-likeness (QED) is 0.658. The number of aromatic hydroxyl groups is 1. The molecule has 0 aliphatic rings. The number of carbonyl (C=O) groups is 2. The smallest absolute Gasteiger partial charge is 0.262 e. The maximum absolute atomic E-state index is 11.7. The van der Waals surface area contributed by atoms with Crippen LogP contribution in [0.3, 0.4) is 0 Å². The Labute approximate surface area is 126 Å². The summed E-state index contributed by atoms with van der Waals surface area (Å²) in [6, 6.07) is 10.7. The summed E-state index contributed by atoms with van der Waals surface area (Å²) in [6.07, 6.45) is 0.722. The van der Waals surface area contributed by atoms with E-state index in [1.54, 1.807) is 30.3 Å². The maximum atomic E-state index is 11.7. The monoisotopic (exact) mass is 305 g/mol. The highest BCUT2D eigenvalue weighted by molar-refractivity contribution is 6.30. The topological polar surface area (TPSA) is 75.6 Å². The molecule has 2 aromatic carbocycles. The molecule has 2 aromatic rings. The van der Waals surface area contributed by atoms with Crippen LogP contribution < -0.4 is 10.1 Å². The van der Waals surface area contributed by atoms with E-state index < -0.39 is 5.91 Å². The molecule has 21 heavy (non-hydrogen) atoms. The number of aldehydes is 1. The third-order valence-corrected chi connectivity index (χ3v) is 2.86. The Morgan fingerprint density at radius 3 is 2.57 bits per heavy atom. The second-order valence-electron chi connectivity index (χ2n) is 4.19.